The Balaban J connectivity index is 1.48. The molecule has 1 amide bonds. The maximum absolute atomic E-state index is 13.9. The van der Waals surface area contributed by atoms with Crippen LogP contribution >= 0.6 is 0 Å². The van der Waals surface area contributed by atoms with Gasteiger partial charge in [-0.05, 0) is 125 Å². The van der Waals surface area contributed by atoms with E-state index in [2.05, 4.69) is 25.1 Å². The van der Waals surface area contributed by atoms with Crippen LogP contribution in [0.3, 0.4) is 0 Å². The summed E-state index contributed by atoms with van der Waals surface area (Å²) in [5.74, 6) is 1.59. The first-order valence-corrected chi connectivity index (χ1v) is 14.9. The molecule has 2 aliphatic carbocycles. The number of hydrogen-bond acceptors (Lipinski definition) is 5. The Morgan fingerprint density at radius 3 is 2.38 bits per heavy atom. The lowest BCUT2D eigenvalue weighted by atomic mass is 9.78. The number of carbonyl (C=O) groups is 2. The highest BCUT2D eigenvalue weighted by Gasteiger charge is 2.32. The van der Waals surface area contributed by atoms with Crippen molar-refractivity contribution in [3.8, 4) is 5.75 Å². The molecule has 40 heavy (non-hydrogen) atoms. The Labute approximate surface area is 239 Å². The average Bonchev–Trinajstić information content (AvgIpc) is 2.95. The summed E-state index contributed by atoms with van der Waals surface area (Å²) in [5, 5.41) is 10.0. The lowest BCUT2D eigenvalue weighted by molar-refractivity contribution is -0.141. The fraction of sp³-hybridized carbons (Fsp3) is 0.529. The average molecular weight is 548 g/mol. The lowest BCUT2D eigenvalue weighted by Crippen LogP contribution is -2.41. The largest absolute Gasteiger partial charge is 0.496 e. The van der Waals surface area contributed by atoms with Gasteiger partial charge in [0.25, 0.3) is 0 Å². The minimum absolute atomic E-state index is 0.0674. The molecule has 0 aromatic heterocycles. The Bertz CT molecular complexity index is 1170. The van der Waals surface area contributed by atoms with Crippen LogP contribution in [-0.2, 0) is 14.3 Å². The summed E-state index contributed by atoms with van der Waals surface area (Å²) in [6.45, 7) is 6.43. The van der Waals surface area contributed by atoms with Gasteiger partial charge in [0.05, 0.1) is 19.3 Å². The second kappa shape index (κ2) is 14.0. The van der Waals surface area contributed by atoms with Crippen molar-refractivity contribution in [1.82, 2.24) is 0 Å². The number of aliphatic hydroxyl groups excluding tert-OH is 1. The normalized spacial score (nSPS) is 23.2. The van der Waals surface area contributed by atoms with Crippen molar-refractivity contribution in [2.24, 2.45) is 11.8 Å². The fourth-order valence-electron chi connectivity index (χ4n) is 6.19. The third kappa shape index (κ3) is 7.97. The minimum Gasteiger partial charge on any atom is -0.496 e. The van der Waals surface area contributed by atoms with E-state index in [-0.39, 0.29) is 30.0 Å². The van der Waals surface area contributed by atoms with Gasteiger partial charge in [0.15, 0.2) is 0 Å². The summed E-state index contributed by atoms with van der Waals surface area (Å²) in [6, 6.07) is 14.4. The number of methoxy groups -OCH3 is 1. The van der Waals surface area contributed by atoms with Crippen LogP contribution in [0.15, 0.2) is 48.5 Å². The topological polar surface area (TPSA) is 76.1 Å². The number of anilines is 1. The van der Waals surface area contributed by atoms with Crippen molar-refractivity contribution in [3.05, 3.63) is 65.2 Å². The van der Waals surface area contributed by atoms with E-state index in [4.69, 9.17) is 9.47 Å². The molecule has 0 radical (unpaired) electrons. The highest BCUT2D eigenvalue weighted by Crippen LogP contribution is 2.38. The van der Waals surface area contributed by atoms with E-state index in [1.165, 1.54) is 17.2 Å². The Morgan fingerprint density at radius 1 is 1.00 bits per heavy atom. The van der Waals surface area contributed by atoms with Gasteiger partial charge < -0.3 is 19.5 Å². The lowest BCUT2D eigenvalue weighted by Gasteiger charge is -2.36. The van der Waals surface area contributed by atoms with Crippen molar-refractivity contribution in [3.63, 3.8) is 0 Å². The molecular formula is C34H45NO5. The van der Waals surface area contributed by atoms with E-state index in [9.17, 15) is 14.7 Å². The molecule has 2 fully saturated rings. The number of carbonyl (C=O) groups excluding carboxylic acids is 2. The summed E-state index contributed by atoms with van der Waals surface area (Å²) in [4.78, 5) is 27.9. The summed E-state index contributed by atoms with van der Waals surface area (Å²) in [6.07, 6.45) is 9.88. The third-order valence-electron chi connectivity index (χ3n) is 8.44. The number of hydrogen-bond donors (Lipinski definition) is 1. The minimum atomic E-state index is -0.377. The number of rotatable bonds is 9. The van der Waals surface area contributed by atoms with E-state index in [0.717, 1.165) is 55.5 Å². The van der Waals surface area contributed by atoms with E-state index < -0.39 is 0 Å². The van der Waals surface area contributed by atoms with Crippen LogP contribution < -0.4 is 9.64 Å². The van der Waals surface area contributed by atoms with Gasteiger partial charge >= 0.3 is 5.97 Å². The number of aryl methyl sites for hydroxylation is 1. The molecule has 6 nitrogen and oxygen atoms in total. The van der Waals surface area contributed by atoms with Crippen molar-refractivity contribution in [1.29, 1.82) is 0 Å². The quantitative estimate of drug-likeness (QED) is 0.275. The van der Waals surface area contributed by atoms with Gasteiger partial charge in [0.2, 0.25) is 5.91 Å². The summed E-state index contributed by atoms with van der Waals surface area (Å²) >= 11 is 0. The smallest absolute Gasteiger partial charge is 0.331 e. The van der Waals surface area contributed by atoms with Gasteiger partial charge in [-0.1, -0.05) is 24.3 Å². The number of esters is 1. The number of amides is 1. The van der Waals surface area contributed by atoms with Gasteiger partial charge in [-0.15, -0.1) is 0 Å². The zero-order valence-electron chi connectivity index (χ0n) is 24.5. The van der Waals surface area contributed by atoms with E-state index in [1.807, 2.05) is 43.0 Å². The van der Waals surface area contributed by atoms with Crippen LogP contribution in [0.1, 0.15) is 87.8 Å². The van der Waals surface area contributed by atoms with E-state index in [0.29, 0.717) is 31.2 Å². The van der Waals surface area contributed by atoms with Crippen molar-refractivity contribution < 1.29 is 24.2 Å². The first-order chi connectivity index (χ1) is 19.2. The number of nitrogens with zero attached hydrogens (tertiary/aromatic N) is 1. The molecule has 0 bridgehead atoms. The van der Waals surface area contributed by atoms with Gasteiger partial charge in [-0.2, -0.15) is 0 Å². The summed E-state index contributed by atoms with van der Waals surface area (Å²) < 4.78 is 10.7. The van der Waals surface area contributed by atoms with Gasteiger partial charge in [0.1, 0.15) is 5.75 Å². The molecule has 2 aromatic carbocycles. The summed E-state index contributed by atoms with van der Waals surface area (Å²) in [5.41, 5.74) is 4.26. The molecular weight excluding hydrogens is 502 g/mol. The predicted octanol–water partition coefficient (Wildman–Crippen LogP) is 6.83. The van der Waals surface area contributed by atoms with Crippen LogP contribution in [0.2, 0.25) is 0 Å². The second-order valence-corrected chi connectivity index (χ2v) is 11.8. The molecule has 4 rings (SSSR count). The Morgan fingerprint density at radius 2 is 1.73 bits per heavy atom. The number of benzene rings is 2. The van der Waals surface area contributed by atoms with Crippen LogP contribution in [0.5, 0.6) is 5.75 Å². The Hall–Kier alpha value is -3.12. The maximum Gasteiger partial charge on any atom is 0.331 e. The van der Waals surface area contributed by atoms with E-state index >= 15 is 0 Å². The first kappa shape index (κ1) is 29.9. The SMILES string of the molecule is COc1ccc(C2CCC(CN(C(=O)C3CCC(O)CC3)c3cccc(/C=C/C(=O)OC(C)C)c3)CC2)cc1C. The van der Waals surface area contributed by atoms with Crippen molar-refractivity contribution in [2.75, 3.05) is 18.6 Å². The molecule has 1 N–H and O–H groups in total. The molecule has 216 valence electrons. The molecule has 6 heteroatoms. The van der Waals surface area contributed by atoms with Crippen LogP contribution in [0, 0.1) is 18.8 Å². The molecule has 0 aliphatic heterocycles. The highest BCUT2D eigenvalue weighted by atomic mass is 16.5. The number of aliphatic hydroxyl groups is 1. The summed E-state index contributed by atoms with van der Waals surface area (Å²) in [7, 11) is 1.71. The molecule has 2 aromatic rings. The highest BCUT2D eigenvalue weighted by molar-refractivity contribution is 5.95. The predicted molar refractivity (Wildman–Crippen MR) is 159 cm³/mol. The maximum atomic E-state index is 13.9. The zero-order chi connectivity index (χ0) is 28.6. The second-order valence-electron chi connectivity index (χ2n) is 11.8. The third-order valence-corrected chi connectivity index (χ3v) is 8.44. The fourth-order valence-corrected chi connectivity index (χ4v) is 6.19. The Kier molecular flexibility index (Phi) is 10.4. The molecule has 0 unspecified atom stereocenters. The first-order valence-electron chi connectivity index (χ1n) is 14.9. The van der Waals surface area contributed by atoms with Crippen LogP contribution in [0.4, 0.5) is 5.69 Å². The van der Waals surface area contributed by atoms with Gasteiger partial charge in [0, 0.05) is 24.2 Å². The van der Waals surface area contributed by atoms with Crippen LogP contribution in [0.25, 0.3) is 6.08 Å². The molecule has 2 saturated carbocycles. The van der Waals surface area contributed by atoms with Gasteiger partial charge in [-0.3, -0.25) is 4.79 Å². The molecule has 0 atom stereocenters. The van der Waals surface area contributed by atoms with E-state index in [1.54, 1.807) is 13.2 Å². The molecule has 2 aliphatic rings. The zero-order valence-corrected chi connectivity index (χ0v) is 24.5. The number of ether oxygens (including phenoxy) is 2. The molecule has 0 heterocycles. The van der Waals surface area contributed by atoms with Crippen molar-refractivity contribution >= 4 is 23.6 Å². The molecule has 0 spiro atoms. The standard InChI is InChI=1S/C34H45NO5/c1-23(2)40-33(37)19-10-25-6-5-7-30(21-25)35(34(38)28-13-16-31(36)17-14-28)22-26-8-11-27(12-9-26)29-15-18-32(39-4)24(3)20-29/h5-7,10,15,18-21,23,26-28,31,36H,8-9,11-14,16-17,22H2,1-4H3/b19-10+. The monoisotopic (exact) mass is 547 g/mol. The van der Waals surface area contributed by atoms with Gasteiger partial charge in [-0.25, -0.2) is 4.79 Å². The van der Waals surface area contributed by atoms with Crippen LogP contribution in [-0.4, -0.2) is 42.8 Å². The van der Waals surface area contributed by atoms with Crippen molar-refractivity contribution in [2.45, 2.75) is 90.3 Å². The molecule has 0 saturated heterocycles.